The van der Waals surface area contributed by atoms with Crippen molar-refractivity contribution < 1.29 is 19.1 Å². The van der Waals surface area contributed by atoms with Gasteiger partial charge in [-0.1, -0.05) is 32.8 Å². The Bertz CT molecular complexity index is 1360. The van der Waals surface area contributed by atoms with Gasteiger partial charge in [0.25, 0.3) is 0 Å². The first-order valence-corrected chi connectivity index (χ1v) is 17.9. The largest absolute Gasteiger partial charge is 0.497 e. The quantitative estimate of drug-likeness (QED) is 0.196. The first-order chi connectivity index (χ1) is 21.7. The van der Waals surface area contributed by atoms with Crippen LogP contribution in [0.4, 0.5) is 5.69 Å². The van der Waals surface area contributed by atoms with Gasteiger partial charge in [-0.25, -0.2) is 0 Å². The van der Waals surface area contributed by atoms with Gasteiger partial charge in [-0.2, -0.15) is 0 Å². The van der Waals surface area contributed by atoms with Crippen molar-refractivity contribution in [3.63, 3.8) is 0 Å². The van der Waals surface area contributed by atoms with Crippen LogP contribution in [-0.2, 0) is 14.3 Å². The molecule has 2 aromatic rings. The number of nitrogens with one attached hydrogen (secondary N) is 2. The second-order valence-corrected chi connectivity index (χ2v) is 15.3. The van der Waals surface area contributed by atoms with Gasteiger partial charge in [0.05, 0.1) is 24.7 Å². The Hall–Kier alpha value is -2.83. The number of methoxy groups -OCH3 is 1. The SMILES string of the molecule is COc1cc(NC(C)CCCNC(=O)CCC(=O)OC2CCC3C4CCC5CCCCC5(C)C4CCC23C)c2ncccc2c1. The number of rotatable bonds is 11. The van der Waals surface area contributed by atoms with Crippen LogP contribution < -0.4 is 15.4 Å². The second kappa shape index (κ2) is 13.5. The van der Waals surface area contributed by atoms with Crippen LogP contribution in [0.1, 0.15) is 111 Å². The zero-order valence-corrected chi connectivity index (χ0v) is 28.0. The van der Waals surface area contributed by atoms with Gasteiger partial charge in [0.1, 0.15) is 11.9 Å². The number of amides is 1. The molecule has 7 nitrogen and oxygen atoms in total. The Kier molecular flexibility index (Phi) is 9.63. The number of fused-ring (bicyclic) bond motifs is 6. The van der Waals surface area contributed by atoms with Gasteiger partial charge >= 0.3 is 5.97 Å². The molecule has 0 bridgehead atoms. The summed E-state index contributed by atoms with van der Waals surface area (Å²) in [5.74, 6) is 3.75. The molecule has 1 amide bonds. The number of carbonyl (C=O) groups is 2. The van der Waals surface area contributed by atoms with Gasteiger partial charge in [0.15, 0.2) is 0 Å². The lowest BCUT2D eigenvalue weighted by Crippen LogP contribution is -2.53. The molecule has 4 saturated carbocycles. The third-order valence-corrected chi connectivity index (χ3v) is 12.8. The Morgan fingerprint density at radius 2 is 1.84 bits per heavy atom. The molecule has 1 heterocycles. The molecule has 1 aromatic heterocycles. The topological polar surface area (TPSA) is 89.6 Å². The summed E-state index contributed by atoms with van der Waals surface area (Å²) < 4.78 is 11.6. The van der Waals surface area contributed by atoms with E-state index in [0.717, 1.165) is 59.4 Å². The third-order valence-electron chi connectivity index (χ3n) is 12.8. The highest BCUT2D eigenvalue weighted by Crippen LogP contribution is 2.66. The Morgan fingerprint density at radius 3 is 2.69 bits per heavy atom. The Balaban J connectivity index is 0.915. The van der Waals surface area contributed by atoms with E-state index in [1.807, 2.05) is 24.3 Å². The molecule has 6 rings (SSSR count). The highest BCUT2D eigenvalue weighted by atomic mass is 16.5. The first-order valence-electron chi connectivity index (χ1n) is 17.9. The van der Waals surface area contributed by atoms with Gasteiger partial charge in [0.2, 0.25) is 5.91 Å². The number of hydrogen-bond donors (Lipinski definition) is 2. The molecule has 0 spiro atoms. The van der Waals surface area contributed by atoms with Gasteiger partial charge in [-0.15, -0.1) is 0 Å². The summed E-state index contributed by atoms with van der Waals surface area (Å²) >= 11 is 0. The lowest BCUT2D eigenvalue weighted by molar-refractivity contribution is -0.164. The van der Waals surface area contributed by atoms with E-state index in [1.165, 1.54) is 57.8 Å². The minimum Gasteiger partial charge on any atom is -0.497 e. The zero-order chi connectivity index (χ0) is 31.6. The Labute approximate surface area is 270 Å². The molecule has 7 heteroatoms. The van der Waals surface area contributed by atoms with Crippen LogP contribution in [0, 0.1) is 34.5 Å². The molecular formula is C38H55N3O4. The molecule has 45 heavy (non-hydrogen) atoms. The number of ether oxygens (including phenoxy) is 2. The van der Waals surface area contributed by atoms with Crippen molar-refractivity contribution in [3.05, 3.63) is 30.5 Å². The summed E-state index contributed by atoms with van der Waals surface area (Å²) in [6.07, 6.45) is 17.0. The van der Waals surface area contributed by atoms with E-state index in [-0.39, 0.29) is 42.3 Å². The summed E-state index contributed by atoms with van der Waals surface area (Å²) in [7, 11) is 1.67. The number of aromatic nitrogens is 1. The van der Waals surface area contributed by atoms with Gasteiger partial charge < -0.3 is 20.1 Å². The molecule has 246 valence electrons. The molecule has 0 saturated heterocycles. The van der Waals surface area contributed by atoms with E-state index in [9.17, 15) is 9.59 Å². The zero-order valence-electron chi connectivity index (χ0n) is 28.0. The van der Waals surface area contributed by atoms with Crippen LogP contribution in [0.5, 0.6) is 5.75 Å². The van der Waals surface area contributed by atoms with Crippen molar-refractivity contribution in [1.82, 2.24) is 10.3 Å². The van der Waals surface area contributed by atoms with Gasteiger partial charge in [-0.3, -0.25) is 14.6 Å². The van der Waals surface area contributed by atoms with Crippen LogP contribution in [0.15, 0.2) is 30.5 Å². The van der Waals surface area contributed by atoms with E-state index in [1.54, 1.807) is 13.3 Å². The van der Waals surface area contributed by atoms with Crippen molar-refractivity contribution >= 4 is 28.5 Å². The van der Waals surface area contributed by atoms with Crippen LogP contribution in [0.3, 0.4) is 0 Å². The maximum absolute atomic E-state index is 12.9. The predicted octanol–water partition coefficient (Wildman–Crippen LogP) is 8.07. The van der Waals surface area contributed by atoms with E-state index >= 15 is 0 Å². The van der Waals surface area contributed by atoms with Crippen molar-refractivity contribution in [3.8, 4) is 5.75 Å². The molecule has 0 aliphatic heterocycles. The number of anilines is 1. The number of pyridine rings is 1. The molecular weight excluding hydrogens is 562 g/mol. The number of benzene rings is 1. The average Bonchev–Trinajstić information content (AvgIpc) is 3.37. The molecule has 4 aliphatic rings. The lowest BCUT2D eigenvalue weighted by atomic mass is 9.45. The van der Waals surface area contributed by atoms with Crippen molar-refractivity contribution in [2.45, 2.75) is 123 Å². The van der Waals surface area contributed by atoms with E-state index in [4.69, 9.17) is 9.47 Å². The summed E-state index contributed by atoms with van der Waals surface area (Å²) in [6, 6.07) is 8.12. The van der Waals surface area contributed by atoms with Crippen LogP contribution in [0.2, 0.25) is 0 Å². The highest BCUT2D eigenvalue weighted by molar-refractivity contribution is 5.92. The summed E-state index contributed by atoms with van der Waals surface area (Å²) in [4.78, 5) is 30.1. The smallest absolute Gasteiger partial charge is 0.306 e. The van der Waals surface area contributed by atoms with E-state index in [0.29, 0.717) is 17.9 Å². The Morgan fingerprint density at radius 1 is 1.00 bits per heavy atom. The number of hydrogen-bond acceptors (Lipinski definition) is 6. The summed E-state index contributed by atoms with van der Waals surface area (Å²) in [6.45, 7) is 7.74. The summed E-state index contributed by atoms with van der Waals surface area (Å²) in [5, 5.41) is 7.59. The van der Waals surface area contributed by atoms with E-state index < -0.39 is 0 Å². The fourth-order valence-corrected chi connectivity index (χ4v) is 10.3. The molecule has 4 aliphatic carbocycles. The van der Waals surface area contributed by atoms with Crippen LogP contribution >= 0.6 is 0 Å². The first kappa shape index (κ1) is 32.1. The fraction of sp³-hybridized carbons (Fsp3) is 0.711. The van der Waals surface area contributed by atoms with Gasteiger partial charge in [-0.05, 0) is 112 Å². The average molecular weight is 618 g/mol. The second-order valence-electron chi connectivity index (χ2n) is 15.3. The molecule has 8 unspecified atom stereocenters. The minimum absolute atomic E-state index is 0.00165. The maximum atomic E-state index is 12.9. The lowest BCUT2D eigenvalue weighted by Gasteiger charge is -2.60. The number of esters is 1. The number of carbonyl (C=O) groups excluding carboxylic acids is 2. The monoisotopic (exact) mass is 617 g/mol. The van der Waals surface area contributed by atoms with Crippen LogP contribution in [0.25, 0.3) is 10.9 Å². The van der Waals surface area contributed by atoms with Gasteiger partial charge in [0, 0.05) is 42.1 Å². The molecule has 2 N–H and O–H groups in total. The standard InChI is InChI=1S/C38H55N3O4/c1-25(41-32-24-28(44-4)23-26-10-8-22-40-36(26)32)9-7-21-39-34(42)16-17-35(43)45-33-15-14-30-29-13-12-27-11-5-6-19-37(27,2)31(29)18-20-38(30,33)3/h8,10,22-25,27,29-31,33,41H,5-7,9,11-21H2,1-4H3,(H,39,42). The predicted molar refractivity (Wildman–Crippen MR) is 179 cm³/mol. The highest BCUT2D eigenvalue weighted by Gasteiger charge is 2.60. The van der Waals surface area contributed by atoms with Crippen LogP contribution in [-0.4, -0.2) is 42.7 Å². The molecule has 1 aromatic carbocycles. The van der Waals surface area contributed by atoms with Crippen molar-refractivity contribution in [2.24, 2.45) is 34.5 Å². The maximum Gasteiger partial charge on any atom is 0.306 e. The molecule has 4 fully saturated rings. The number of nitrogens with zero attached hydrogens (tertiary/aromatic N) is 1. The fourth-order valence-electron chi connectivity index (χ4n) is 10.3. The van der Waals surface area contributed by atoms with E-state index in [2.05, 4.69) is 36.4 Å². The van der Waals surface area contributed by atoms with Crippen molar-refractivity contribution in [2.75, 3.05) is 19.0 Å². The summed E-state index contributed by atoms with van der Waals surface area (Å²) in [5.41, 5.74) is 2.48. The molecule has 8 atom stereocenters. The normalized spacial score (nSPS) is 32.9. The van der Waals surface area contributed by atoms with Crippen molar-refractivity contribution in [1.29, 1.82) is 0 Å². The minimum atomic E-state index is -0.209. The molecule has 0 radical (unpaired) electrons. The third kappa shape index (κ3) is 6.55.